The second-order valence-electron chi connectivity index (χ2n) is 3.06. The minimum Gasteiger partial charge on any atom is -0.398 e. The zero-order valence-corrected chi connectivity index (χ0v) is 9.06. The highest BCUT2D eigenvalue weighted by Gasteiger charge is 2.13. The predicted molar refractivity (Wildman–Crippen MR) is 60.1 cm³/mol. The molecule has 0 fully saturated rings. The molecule has 0 bridgehead atoms. The Balaban J connectivity index is 3.46. The van der Waals surface area contributed by atoms with Crippen molar-refractivity contribution in [3.05, 3.63) is 27.1 Å². The number of nitroso groups, excluding NO2 is 1. The maximum absolute atomic E-state index is 10.6. The van der Waals surface area contributed by atoms with Gasteiger partial charge < -0.3 is 5.73 Å². The van der Waals surface area contributed by atoms with Gasteiger partial charge in [-0.05, 0) is 35.2 Å². The quantitative estimate of drug-likeness (QED) is 0.616. The van der Waals surface area contributed by atoms with Crippen LogP contribution >= 0.6 is 11.6 Å². The monoisotopic (exact) mass is 212 g/mol. The molecule has 0 unspecified atom stereocenters. The Bertz CT molecular complexity index is 364. The van der Waals surface area contributed by atoms with Crippen LogP contribution in [0.1, 0.15) is 25.0 Å². The number of nitrogen functional groups attached to an aromatic ring is 1. The van der Waals surface area contributed by atoms with Crippen LogP contribution < -0.4 is 5.73 Å². The molecule has 0 amide bonds. The molecule has 0 spiro atoms. The molecule has 0 saturated heterocycles. The number of aryl methyl sites for hydroxylation is 1. The zero-order valence-electron chi connectivity index (χ0n) is 8.30. The Hall–Kier alpha value is -1.09. The molecule has 0 saturated carbocycles. The Kier molecular flexibility index (Phi) is 3.47. The first-order chi connectivity index (χ1) is 6.65. The molecular weight excluding hydrogens is 200 g/mol. The second kappa shape index (κ2) is 4.42. The predicted octanol–water partition coefficient (Wildman–Crippen LogP) is 3.44. The first-order valence-electron chi connectivity index (χ1n) is 4.58. The minimum atomic E-state index is 0.334. The van der Waals surface area contributed by atoms with E-state index in [1.54, 1.807) is 6.07 Å². The molecule has 0 aromatic heterocycles. The third kappa shape index (κ3) is 1.73. The van der Waals surface area contributed by atoms with Gasteiger partial charge in [-0.25, -0.2) is 0 Å². The highest BCUT2D eigenvalue weighted by atomic mass is 35.5. The van der Waals surface area contributed by atoms with Gasteiger partial charge in [0, 0.05) is 5.69 Å². The number of anilines is 1. The van der Waals surface area contributed by atoms with E-state index in [1.165, 1.54) is 0 Å². The van der Waals surface area contributed by atoms with Gasteiger partial charge in [-0.1, -0.05) is 25.4 Å². The summed E-state index contributed by atoms with van der Waals surface area (Å²) in [4.78, 5) is 10.6. The lowest BCUT2D eigenvalue weighted by Crippen LogP contribution is -1.97. The number of nitrogens with two attached hydrogens (primary N) is 1. The third-order valence-corrected chi connectivity index (χ3v) is 2.69. The molecular formula is C10H13ClN2O. The number of hydrogen-bond acceptors (Lipinski definition) is 3. The Morgan fingerprint density at radius 3 is 2.50 bits per heavy atom. The van der Waals surface area contributed by atoms with Gasteiger partial charge in [0.15, 0.2) is 0 Å². The van der Waals surface area contributed by atoms with Crippen molar-refractivity contribution in [1.29, 1.82) is 0 Å². The van der Waals surface area contributed by atoms with E-state index in [9.17, 15) is 4.91 Å². The van der Waals surface area contributed by atoms with Gasteiger partial charge in [-0.3, -0.25) is 0 Å². The van der Waals surface area contributed by atoms with Crippen molar-refractivity contribution >= 4 is 23.0 Å². The van der Waals surface area contributed by atoms with Crippen molar-refractivity contribution in [2.45, 2.75) is 26.7 Å². The van der Waals surface area contributed by atoms with Crippen molar-refractivity contribution < 1.29 is 0 Å². The van der Waals surface area contributed by atoms with Crippen LogP contribution in [-0.4, -0.2) is 0 Å². The van der Waals surface area contributed by atoms with Crippen LogP contribution in [0.25, 0.3) is 0 Å². The topological polar surface area (TPSA) is 55.4 Å². The van der Waals surface area contributed by atoms with Gasteiger partial charge in [0.05, 0.1) is 5.02 Å². The zero-order chi connectivity index (χ0) is 10.7. The molecule has 4 heteroatoms. The van der Waals surface area contributed by atoms with Crippen LogP contribution in [0.2, 0.25) is 5.02 Å². The molecule has 3 nitrogen and oxygen atoms in total. The summed E-state index contributed by atoms with van der Waals surface area (Å²) in [6.07, 6.45) is 1.41. The van der Waals surface area contributed by atoms with Crippen LogP contribution in [0, 0.1) is 4.91 Å². The number of rotatable bonds is 3. The average molecular weight is 213 g/mol. The molecule has 0 radical (unpaired) electrons. The molecule has 0 atom stereocenters. The van der Waals surface area contributed by atoms with E-state index >= 15 is 0 Å². The molecule has 0 aliphatic carbocycles. The van der Waals surface area contributed by atoms with E-state index in [1.807, 2.05) is 13.8 Å². The van der Waals surface area contributed by atoms with Crippen LogP contribution in [0.15, 0.2) is 11.2 Å². The van der Waals surface area contributed by atoms with Crippen LogP contribution in [0.5, 0.6) is 0 Å². The van der Waals surface area contributed by atoms with E-state index in [0.717, 1.165) is 11.1 Å². The molecule has 0 aliphatic heterocycles. The van der Waals surface area contributed by atoms with Crippen molar-refractivity contribution in [3.8, 4) is 0 Å². The standard InChI is InChI=1S/C10H13ClN2O/c1-3-6-5-8(12)7(4-2)9(11)10(6)13-14/h5H,3-4,12H2,1-2H3. The molecule has 1 aromatic rings. The van der Waals surface area contributed by atoms with E-state index in [4.69, 9.17) is 17.3 Å². The largest absolute Gasteiger partial charge is 0.398 e. The van der Waals surface area contributed by atoms with E-state index < -0.39 is 0 Å². The summed E-state index contributed by atoms with van der Waals surface area (Å²) in [5.41, 5.74) is 8.39. The molecule has 2 N–H and O–H groups in total. The number of halogens is 1. The number of nitrogens with zero attached hydrogens (tertiary/aromatic N) is 1. The summed E-state index contributed by atoms with van der Waals surface area (Å²) in [5, 5.41) is 3.36. The Labute approximate surface area is 88.2 Å². The smallest absolute Gasteiger partial charge is 0.130 e. The van der Waals surface area contributed by atoms with Gasteiger partial charge in [0.2, 0.25) is 0 Å². The van der Waals surface area contributed by atoms with Gasteiger partial charge >= 0.3 is 0 Å². The summed E-state index contributed by atoms with van der Waals surface area (Å²) in [6, 6.07) is 1.78. The highest BCUT2D eigenvalue weighted by Crippen LogP contribution is 2.36. The normalized spacial score (nSPS) is 10.2. The number of hydrogen-bond donors (Lipinski definition) is 1. The molecule has 0 heterocycles. The van der Waals surface area contributed by atoms with Gasteiger partial charge in [-0.2, -0.15) is 0 Å². The SMILES string of the molecule is CCc1cc(N)c(CC)c(Cl)c1N=O. The van der Waals surface area contributed by atoms with E-state index in [-0.39, 0.29) is 0 Å². The molecule has 1 aromatic carbocycles. The molecule has 76 valence electrons. The summed E-state index contributed by atoms with van der Waals surface area (Å²) in [6.45, 7) is 3.88. The lowest BCUT2D eigenvalue weighted by molar-refractivity contribution is 1.10. The van der Waals surface area contributed by atoms with Gasteiger partial charge in [0.1, 0.15) is 5.69 Å². The van der Waals surface area contributed by atoms with Gasteiger partial charge in [-0.15, -0.1) is 4.91 Å². The summed E-state index contributed by atoms with van der Waals surface area (Å²) in [5.74, 6) is 0. The van der Waals surface area contributed by atoms with Crippen molar-refractivity contribution in [2.24, 2.45) is 5.18 Å². The lowest BCUT2D eigenvalue weighted by Gasteiger charge is -2.10. The fourth-order valence-corrected chi connectivity index (χ4v) is 1.88. The van der Waals surface area contributed by atoms with Crippen molar-refractivity contribution in [3.63, 3.8) is 0 Å². The maximum Gasteiger partial charge on any atom is 0.130 e. The second-order valence-corrected chi connectivity index (χ2v) is 3.44. The first kappa shape index (κ1) is 11.0. The van der Waals surface area contributed by atoms with Crippen molar-refractivity contribution in [1.82, 2.24) is 0 Å². The average Bonchev–Trinajstić information content (AvgIpc) is 2.17. The summed E-state index contributed by atoms with van der Waals surface area (Å²) < 4.78 is 0. The van der Waals surface area contributed by atoms with Crippen molar-refractivity contribution in [2.75, 3.05) is 5.73 Å². The lowest BCUT2D eigenvalue weighted by atomic mass is 10.0. The summed E-state index contributed by atoms with van der Waals surface area (Å²) in [7, 11) is 0. The minimum absolute atomic E-state index is 0.334. The summed E-state index contributed by atoms with van der Waals surface area (Å²) >= 11 is 6.02. The fourth-order valence-electron chi connectivity index (χ4n) is 1.48. The highest BCUT2D eigenvalue weighted by molar-refractivity contribution is 6.34. The van der Waals surface area contributed by atoms with Crippen LogP contribution in [0.3, 0.4) is 0 Å². The Morgan fingerprint density at radius 2 is 2.07 bits per heavy atom. The fraction of sp³-hybridized carbons (Fsp3) is 0.400. The first-order valence-corrected chi connectivity index (χ1v) is 4.96. The van der Waals surface area contributed by atoms with Crippen LogP contribution in [-0.2, 0) is 12.8 Å². The Morgan fingerprint density at radius 1 is 1.43 bits per heavy atom. The van der Waals surface area contributed by atoms with E-state index in [0.29, 0.717) is 29.2 Å². The molecule has 1 rings (SSSR count). The van der Waals surface area contributed by atoms with Gasteiger partial charge in [0.25, 0.3) is 0 Å². The third-order valence-electron chi connectivity index (χ3n) is 2.28. The number of benzene rings is 1. The van der Waals surface area contributed by atoms with E-state index in [2.05, 4.69) is 5.18 Å². The van der Waals surface area contributed by atoms with Crippen LogP contribution in [0.4, 0.5) is 11.4 Å². The molecule has 14 heavy (non-hydrogen) atoms. The molecule has 0 aliphatic rings. The maximum atomic E-state index is 10.6.